The maximum atomic E-state index is 11.9. The zero-order chi connectivity index (χ0) is 18.3. The van der Waals surface area contributed by atoms with E-state index in [9.17, 15) is 9.59 Å². The van der Waals surface area contributed by atoms with Crippen LogP contribution >= 0.6 is 24.0 Å². The highest BCUT2D eigenvalue weighted by Crippen LogP contribution is 2.12. The molecule has 0 saturated carbocycles. The number of halogens is 1. The summed E-state index contributed by atoms with van der Waals surface area (Å²) in [5.41, 5.74) is -0.509. The van der Waals surface area contributed by atoms with Gasteiger partial charge in [-0.25, -0.2) is 9.79 Å². The van der Waals surface area contributed by atoms with E-state index in [1.807, 2.05) is 27.7 Å². The maximum absolute atomic E-state index is 11.9. The first-order valence-corrected chi connectivity index (χ1v) is 8.35. The highest BCUT2D eigenvalue weighted by molar-refractivity contribution is 14.0. The number of nitrogens with zero attached hydrogens (tertiary/aromatic N) is 3. The predicted octanol–water partition coefficient (Wildman–Crippen LogP) is 1.26. The normalized spacial score (nSPS) is 17.6. The van der Waals surface area contributed by atoms with E-state index >= 15 is 0 Å². The Morgan fingerprint density at radius 2 is 1.96 bits per heavy atom. The van der Waals surface area contributed by atoms with Crippen LogP contribution in [0, 0.1) is 0 Å². The van der Waals surface area contributed by atoms with Gasteiger partial charge in [-0.1, -0.05) is 0 Å². The quantitative estimate of drug-likeness (QED) is 0.368. The van der Waals surface area contributed by atoms with Gasteiger partial charge in [0.1, 0.15) is 12.1 Å². The van der Waals surface area contributed by atoms with Crippen LogP contribution in [0.25, 0.3) is 0 Å². The van der Waals surface area contributed by atoms with Gasteiger partial charge in [-0.3, -0.25) is 4.79 Å². The summed E-state index contributed by atoms with van der Waals surface area (Å²) in [6.07, 6.45) is 0.407. The first-order valence-electron chi connectivity index (χ1n) is 8.35. The van der Waals surface area contributed by atoms with Crippen LogP contribution in [-0.4, -0.2) is 79.7 Å². The molecule has 0 aromatic rings. The molecule has 1 unspecified atom stereocenters. The predicted molar refractivity (Wildman–Crippen MR) is 109 cm³/mol. The number of carbonyl (C=O) groups is 2. The van der Waals surface area contributed by atoms with Crippen molar-refractivity contribution in [2.24, 2.45) is 4.99 Å². The van der Waals surface area contributed by atoms with E-state index in [1.165, 1.54) is 4.90 Å². The number of hydrogen-bond donors (Lipinski definition) is 2. The highest BCUT2D eigenvalue weighted by Gasteiger charge is 2.27. The Bertz CT molecular complexity index is 477. The molecule has 1 rings (SSSR count). The van der Waals surface area contributed by atoms with Crippen LogP contribution < -0.4 is 10.6 Å². The van der Waals surface area contributed by atoms with Gasteiger partial charge in [0.05, 0.1) is 6.04 Å². The van der Waals surface area contributed by atoms with Gasteiger partial charge < -0.3 is 25.2 Å². The van der Waals surface area contributed by atoms with Crippen LogP contribution in [0.2, 0.25) is 0 Å². The summed E-state index contributed by atoms with van der Waals surface area (Å²) in [7, 11) is 3.42. The number of ether oxygens (including phenoxy) is 1. The van der Waals surface area contributed by atoms with E-state index in [4.69, 9.17) is 4.74 Å². The standard InChI is InChI=1S/C16H31N5O3.HI/c1-7-17-14(18-10-13(22)20(5)6)21-9-8-12(11-21)19-15(23)24-16(2,3)4;/h12H,7-11H2,1-6H3,(H,17,18)(H,19,23);1H. The van der Waals surface area contributed by atoms with E-state index < -0.39 is 11.7 Å². The van der Waals surface area contributed by atoms with Crippen molar-refractivity contribution in [3.63, 3.8) is 0 Å². The topological polar surface area (TPSA) is 86.3 Å². The molecule has 0 spiro atoms. The monoisotopic (exact) mass is 469 g/mol. The largest absolute Gasteiger partial charge is 0.444 e. The molecule has 1 aliphatic heterocycles. The van der Waals surface area contributed by atoms with Crippen LogP contribution in [0.15, 0.2) is 4.99 Å². The zero-order valence-electron chi connectivity index (χ0n) is 16.1. The highest BCUT2D eigenvalue weighted by atomic mass is 127. The third kappa shape index (κ3) is 9.13. The van der Waals surface area contributed by atoms with Crippen molar-refractivity contribution in [2.75, 3.05) is 40.3 Å². The molecule has 0 bridgehead atoms. The lowest BCUT2D eigenvalue weighted by atomic mass is 10.2. The second-order valence-electron chi connectivity index (χ2n) is 7.04. The number of likely N-dealkylation sites (tertiary alicyclic amines) is 1. The Kier molecular flexibility index (Phi) is 10.1. The summed E-state index contributed by atoms with van der Waals surface area (Å²) >= 11 is 0. The second kappa shape index (κ2) is 10.7. The van der Waals surface area contributed by atoms with Crippen LogP contribution in [0.4, 0.5) is 4.79 Å². The van der Waals surface area contributed by atoms with Gasteiger partial charge in [-0.15, -0.1) is 24.0 Å². The number of hydrogen-bond acceptors (Lipinski definition) is 4. The van der Waals surface area contributed by atoms with Gasteiger partial charge in [-0.05, 0) is 34.1 Å². The molecule has 1 aliphatic rings. The van der Waals surface area contributed by atoms with Crippen LogP contribution in [0.3, 0.4) is 0 Å². The molecule has 146 valence electrons. The molecule has 1 atom stereocenters. The number of likely N-dealkylation sites (N-methyl/N-ethyl adjacent to an activating group) is 1. The van der Waals surface area contributed by atoms with E-state index in [1.54, 1.807) is 14.1 Å². The van der Waals surface area contributed by atoms with Gasteiger partial charge in [0, 0.05) is 33.7 Å². The lowest BCUT2D eigenvalue weighted by Gasteiger charge is -2.23. The maximum Gasteiger partial charge on any atom is 0.407 e. The Morgan fingerprint density at radius 1 is 1.32 bits per heavy atom. The minimum Gasteiger partial charge on any atom is -0.444 e. The van der Waals surface area contributed by atoms with Gasteiger partial charge >= 0.3 is 6.09 Å². The lowest BCUT2D eigenvalue weighted by Crippen LogP contribution is -2.44. The Hall–Kier alpha value is -1.26. The molecule has 25 heavy (non-hydrogen) atoms. The first-order chi connectivity index (χ1) is 11.1. The third-order valence-electron chi connectivity index (χ3n) is 3.41. The van der Waals surface area contributed by atoms with Crippen LogP contribution in [0.5, 0.6) is 0 Å². The fourth-order valence-corrected chi connectivity index (χ4v) is 2.25. The number of nitrogens with one attached hydrogen (secondary N) is 2. The van der Waals surface area contributed by atoms with Gasteiger partial charge in [0.15, 0.2) is 5.96 Å². The van der Waals surface area contributed by atoms with E-state index in [2.05, 4.69) is 20.5 Å². The molecule has 9 heteroatoms. The number of guanidine groups is 1. The van der Waals surface area contributed by atoms with Gasteiger partial charge in [0.2, 0.25) is 5.91 Å². The Labute approximate surface area is 167 Å². The van der Waals surface area contributed by atoms with E-state index in [0.29, 0.717) is 12.5 Å². The summed E-state index contributed by atoms with van der Waals surface area (Å²) < 4.78 is 5.28. The average Bonchev–Trinajstić information content (AvgIpc) is 2.88. The molecule has 1 fully saturated rings. The van der Waals surface area contributed by atoms with E-state index in [0.717, 1.165) is 19.5 Å². The minimum atomic E-state index is -0.509. The molecule has 8 nitrogen and oxygen atoms in total. The van der Waals surface area contributed by atoms with Crippen molar-refractivity contribution >= 4 is 41.9 Å². The SMILES string of the molecule is CCNC(=NCC(=O)N(C)C)N1CCC(NC(=O)OC(C)(C)C)C1.I. The third-order valence-corrected chi connectivity index (χ3v) is 3.41. The molecule has 1 saturated heterocycles. The molecule has 2 amide bonds. The number of rotatable bonds is 4. The van der Waals surface area contributed by atoms with Crippen molar-refractivity contribution in [1.82, 2.24) is 20.4 Å². The Morgan fingerprint density at radius 3 is 2.48 bits per heavy atom. The summed E-state index contributed by atoms with van der Waals surface area (Å²) in [4.78, 5) is 31.5. The summed E-state index contributed by atoms with van der Waals surface area (Å²) in [5.74, 6) is 0.647. The molecular formula is C16H32IN5O3. The molecule has 0 radical (unpaired) electrons. The summed E-state index contributed by atoms with van der Waals surface area (Å²) in [6.45, 7) is 9.73. The molecule has 1 heterocycles. The zero-order valence-corrected chi connectivity index (χ0v) is 18.4. The number of carbonyl (C=O) groups excluding carboxylic acids is 2. The van der Waals surface area contributed by atoms with Crippen molar-refractivity contribution in [3.8, 4) is 0 Å². The lowest BCUT2D eigenvalue weighted by molar-refractivity contribution is -0.127. The van der Waals surface area contributed by atoms with Crippen molar-refractivity contribution in [3.05, 3.63) is 0 Å². The van der Waals surface area contributed by atoms with Crippen LogP contribution in [-0.2, 0) is 9.53 Å². The van der Waals surface area contributed by atoms with Gasteiger partial charge in [-0.2, -0.15) is 0 Å². The molecular weight excluding hydrogens is 437 g/mol. The summed E-state index contributed by atoms with van der Waals surface area (Å²) in [6, 6.07) is 0.00764. The molecule has 2 N–H and O–H groups in total. The molecule has 0 aromatic heterocycles. The fraction of sp³-hybridized carbons (Fsp3) is 0.812. The summed E-state index contributed by atoms with van der Waals surface area (Å²) in [5, 5.41) is 6.08. The smallest absolute Gasteiger partial charge is 0.407 e. The van der Waals surface area contributed by atoms with E-state index in [-0.39, 0.29) is 42.5 Å². The van der Waals surface area contributed by atoms with Crippen molar-refractivity contribution in [1.29, 1.82) is 0 Å². The number of aliphatic imine (C=N–C) groups is 1. The second-order valence-corrected chi connectivity index (χ2v) is 7.04. The Balaban J connectivity index is 0.00000576. The first kappa shape index (κ1) is 23.7. The average molecular weight is 469 g/mol. The minimum absolute atomic E-state index is 0. The molecule has 0 aromatic carbocycles. The van der Waals surface area contributed by atoms with Crippen molar-refractivity contribution < 1.29 is 14.3 Å². The molecule has 0 aliphatic carbocycles. The fourth-order valence-electron chi connectivity index (χ4n) is 2.25. The van der Waals surface area contributed by atoms with Crippen LogP contribution in [0.1, 0.15) is 34.1 Å². The van der Waals surface area contributed by atoms with Crippen molar-refractivity contribution in [2.45, 2.75) is 45.8 Å². The number of alkyl carbamates (subject to hydrolysis) is 1. The number of amides is 2. The van der Waals surface area contributed by atoms with Gasteiger partial charge in [0.25, 0.3) is 0 Å².